The van der Waals surface area contributed by atoms with Crippen LogP contribution in [0, 0.1) is 0 Å². The van der Waals surface area contributed by atoms with Crippen LogP contribution in [0.5, 0.6) is 0 Å². The van der Waals surface area contributed by atoms with Crippen LogP contribution in [0.4, 0.5) is 0 Å². The van der Waals surface area contributed by atoms with Gasteiger partial charge in [-0.1, -0.05) is 6.92 Å². The van der Waals surface area contributed by atoms with Crippen molar-refractivity contribution in [3.8, 4) is 0 Å². The van der Waals surface area contributed by atoms with E-state index in [1.807, 2.05) is 20.8 Å². The molecule has 2 nitrogen and oxygen atoms in total. The van der Waals surface area contributed by atoms with Crippen LogP contribution in [-0.4, -0.2) is 25.3 Å². The summed E-state index contributed by atoms with van der Waals surface area (Å²) in [6.45, 7) is 10.7. The number of rotatable bonds is 4. The van der Waals surface area contributed by atoms with Crippen molar-refractivity contribution in [1.82, 2.24) is 0 Å². The van der Waals surface area contributed by atoms with E-state index in [0.717, 1.165) is 6.42 Å². The lowest BCUT2D eigenvalue weighted by Gasteiger charge is -2.36. The highest BCUT2D eigenvalue weighted by Crippen LogP contribution is 2.24. The summed E-state index contributed by atoms with van der Waals surface area (Å²) < 4.78 is 5.57. The third-order valence-electron chi connectivity index (χ3n) is 2.49. The third kappa shape index (κ3) is 2.58. The first-order valence-electron chi connectivity index (χ1n) is 4.23. The fourth-order valence-corrected chi connectivity index (χ4v) is 2.83. The Morgan fingerprint density at radius 1 is 1.36 bits per heavy atom. The zero-order chi connectivity index (χ0) is 9.12. The summed E-state index contributed by atoms with van der Waals surface area (Å²) in [5.41, 5.74) is 0. The standard InChI is InChI=1S/C8H20O2Si/c1-6-8(3,9)11(4,5)10-7-2/h9H,6-7H2,1-5H3. The Labute approximate surface area is 70.7 Å². The van der Waals surface area contributed by atoms with Crippen LogP contribution in [-0.2, 0) is 4.43 Å². The first-order chi connectivity index (χ1) is 4.87. The van der Waals surface area contributed by atoms with Crippen molar-refractivity contribution < 1.29 is 9.53 Å². The van der Waals surface area contributed by atoms with E-state index < -0.39 is 13.5 Å². The maximum Gasteiger partial charge on any atom is 0.217 e. The fraction of sp³-hybridized carbons (Fsp3) is 1.00. The summed E-state index contributed by atoms with van der Waals surface area (Å²) in [7, 11) is -1.88. The second-order valence-electron chi connectivity index (χ2n) is 3.57. The van der Waals surface area contributed by atoms with Gasteiger partial charge in [0.15, 0.2) is 0 Å². The Balaban J connectivity index is 4.26. The summed E-state index contributed by atoms with van der Waals surface area (Å²) in [6.07, 6.45) is 0.770. The zero-order valence-corrected chi connectivity index (χ0v) is 9.27. The minimum Gasteiger partial charge on any atom is -0.415 e. The van der Waals surface area contributed by atoms with Crippen LogP contribution in [0.1, 0.15) is 27.2 Å². The summed E-state index contributed by atoms with van der Waals surface area (Å²) >= 11 is 0. The summed E-state index contributed by atoms with van der Waals surface area (Å²) in [4.78, 5) is 0. The van der Waals surface area contributed by atoms with Gasteiger partial charge in [-0.15, -0.1) is 0 Å². The SMILES string of the molecule is CCO[Si](C)(C)C(C)(O)CC. The van der Waals surface area contributed by atoms with Crippen LogP contribution in [0.25, 0.3) is 0 Å². The molecule has 0 heterocycles. The first-order valence-corrected chi connectivity index (χ1v) is 7.14. The quantitative estimate of drug-likeness (QED) is 0.663. The molecule has 0 aromatic rings. The van der Waals surface area contributed by atoms with Crippen LogP contribution < -0.4 is 0 Å². The second-order valence-corrected chi connectivity index (χ2v) is 7.96. The minimum atomic E-state index is -1.88. The van der Waals surface area contributed by atoms with Crippen molar-refractivity contribution in [3.63, 3.8) is 0 Å². The normalized spacial score (nSPS) is 18.0. The molecule has 3 heteroatoms. The monoisotopic (exact) mass is 176 g/mol. The van der Waals surface area contributed by atoms with Gasteiger partial charge in [0.25, 0.3) is 0 Å². The van der Waals surface area contributed by atoms with Crippen LogP contribution in [0.2, 0.25) is 13.1 Å². The van der Waals surface area contributed by atoms with Crippen LogP contribution in [0.3, 0.4) is 0 Å². The topological polar surface area (TPSA) is 29.5 Å². The van der Waals surface area contributed by atoms with E-state index in [4.69, 9.17) is 4.43 Å². The highest BCUT2D eigenvalue weighted by Gasteiger charge is 2.41. The van der Waals surface area contributed by atoms with Crippen molar-refractivity contribution in [3.05, 3.63) is 0 Å². The molecule has 0 saturated heterocycles. The third-order valence-corrected chi connectivity index (χ3v) is 6.45. The smallest absolute Gasteiger partial charge is 0.217 e. The average Bonchev–Trinajstić information content (AvgIpc) is 1.87. The molecule has 1 N–H and O–H groups in total. The van der Waals surface area contributed by atoms with Crippen molar-refractivity contribution in [2.45, 2.75) is 45.5 Å². The molecule has 0 amide bonds. The van der Waals surface area contributed by atoms with Gasteiger partial charge >= 0.3 is 0 Å². The van der Waals surface area contributed by atoms with Crippen molar-refractivity contribution in [1.29, 1.82) is 0 Å². The molecule has 0 aromatic carbocycles. The molecule has 11 heavy (non-hydrogen) atoms. The molecule has 0 saturated carbocycles. The van der Waals surface area contributed by atoms with Crippen molar-refractivity contribution >= 4 is 8.32 Å². The van der Waals surface area contributed by atoms with Gasteiger partial charge in [-0.25, -0.2) is 0 Å². The highest BCUT2D eigenvalue weighted by atomic mass is 28.4. The maximum atomic E-state index is 9.92. The van der Waals surface area contributed by atoms with Crippen molar-refractivity contribution in [2.75, 3.05) is 6.61 Å². The van der Waals surface area contributed by atoms with Crippen molar-refractivity contribution in [2.24, 2.45) is 0 Å². The molecule has 1 atom stereocenters. The Morgan fingerprint density at radius 3 is 2.09 bits per heavy atom. The molecule has 0 aliphatic carbocycles. The van der Waals surface area contributed by atoms with E-state index in [2.05, 4.69) is 13.1 Å². The fourth-order valence-electron chi connectivity index (χ4n) is 0.942. The van der Waals surface area contributed by atoms with E-state index >= 15 is 0 Å². The zero-order valence-electron chi connectivity index (χ0n) is 8.27. The molecule has 1 unspecified atom stereocenters. The van der Waals surface area contributed by atoms with Gasteiger partial charge in [0.05, 0.1) is 5.22 Å². The van der Waals surface area contributed by atoms with Gasteiger partial charge in [0, 0.05) is 6.61 Å². The molecular weight excluding hydrogens is 156 g/mol. The number of hydrogen-bond donors (Lipinski definition) is 1. The van der Waals surface area contributed by atoms with Gasteiger partial charge in [-0.3, -0.25) is 0 Å². The van der Waals surface area contributed by atoms with Gasteiger partial charge in [0.2, 0.25) is 8.32 Å². The van der Waals surface area contributed by atoms with Crippen LogP contribution in [0.15, 0.2) is 0 Å². The second kappa shape index (κ2) is 3.69. The van der Waals surface area contributed by atoms with Gasteiger partial charge < -0.3 is 9.53 Å². The van der Waals surface area contributed by atoms with E-state index in [9.17, 15) is 5.11 Å². The predicted octanol–water partition coefficient (Wildman–Crippen LogP) is 1.93. The molecule has 0 radical (unpaired) electrons. The summed E-state index contributed by atoms with van der Waals surface area (Å²) in [5.74, 6) is 0. The molecule has 0 aromatic heterocycles. The van der Waals surface area contributed by atoms with E-state index in [1.165, 1.54) is 0 Å². The van der Waals surface area contributed by atoms with Crippen LogP contribution >= 0.6 is 0 Å². The Bertz CT molecular complexity index is 121. The number of aliphatic hydroxyl groups is 1. The molecule has 0 aliphatic heterocycles. The Morgan fingerprint density at radius 2 is 1.82 bits per heavy atom. The first kappa shape index (κ1) is 11.1. The lowest BCUT2D eigenvalue weighted by molar-refractivity contribution is 0.101. The number of hydrogen-bond acceptors (Lipinski definition) is 2. The Kier molecular flexibility index (Phi) is 3.74. The minimum absolute atomic E-state index is 0.594. The average molecular weight is 176 g/mol. The van der Waals surface area contributed by atoms with Gasteiger partial charge in [-0.2, -0.15) is 0 Å². The van der Waals surface area contributed by atoms with E-state index in [1.54, 1.807) is 0 Å². The highest BCUT2D eigenvalue weighted by molar-refractivity contribution is 6.73. The van der Waals surface area contributed by atoms with Gasteiger partial charge in [-0.05, 0) is 33.4 Å². The molecule has 0 aliphatic rings. The molecule has 0 bridgehead atoms. The van der Waals surface area contributed by atoms with E-state index in [0.29, 0.717) is 6.61 Å². The molecule has 0 spiro atoms. The summed E-state index contributed by atoms with van der Waals surface area (Å²) in [5, 5.41) is 9.32. The molecule has 0 rings (SSSR count). The Hall–Kier alpha value is 0.137. The van der Waals surface area contributed by atoms with Gasteiger partial charge in [0.1, 0.15) is 0 Å². The molecule has 0 fully saturated rings. The lowest BCUT2D eigenvalue weighted by Crippen LogP contribution is -2.54. The molecule has 68 valence electrons. The van der Waals surface area contributed by atoms with E-state index in [-0.39, 0.29) is 0 Å². The lowest BCUT2D eigenvalue weighted by atomic mass is 10.3. The largest absolute Gasteiger partial charge is 0.415 e. The molecular formula is C8H20O2Si. The summed E-state index contributed by atoms with van der Waals surface area (Å²) in [6, 6.07) is 0. The predicted molar refractivity (Wildman–Crippen MR) is 50.0 cm³/mol. The maximum absolute atomic E-state index is 9.92.